The lowest BCUT2D eigenvalue weighted by atomic mass is 10.0. The fourth-order valence-corrected chi connectivity index (χ4v) is 3.38. The average Bonchev–Trinajstić information content (AvgIpc) is 2.98. The first-order valence-electron chi connectivity index (χ1n) is 6.74. The third kappa shape index (κ3) is 2.94. The molecule has 0 unspecified atom stereocenters. The number of halogens is 4. The van der Waals surface area contributed by atoms with Crippen LogP contribution in [0.3, 0.4) is 0 Å². The molecule has 0 aliphatic heterocycles. The van der Waals surface area contributed by atoms with Gasteiger partial charge < -0.3 is 0 Å². The highest BCUT2D eigenvalue weighted by molar-refractivity contribution is 9.10. The topological polar surface area (TPSA) is 25.8 Å². The Kier molecular flexibility index (Phi) is 4.22. The maximum absolute atomic E-state index is 13.7. The molecule has 1 aromatic heterocycles. The summed E-state index contributed by atoms with van der Waals surface area (Å²) < 4.78 is 26.9. The van der Waals surface area contributed by atoms with Crippen molar-refractivity contribution in [3.63, 3.8) is 0 Å². The van der Waals surface area contributed by atoms with Crippen molar-refractivity contribution in [2.24, 2.45) is 0 Å². The van der Waals surface area contributed by atoms with E-state index in [9.17, 15) is 8.78 Å². The van der Waals surface area contributed by atoms with Crippen LogP contribution in [0.25, 0.3) is 11.4 Å². The van der Waals surface area contributed by atoms with Crippen molar-refractivity contribution < 1.29 is 8.78 Å². The van der Waals surface area contributed by atoms with E-state index >= 15 is 0 Å². The van der Waals surface area contributed by atoms with Crippen molar-refractivity contribution in [2.45, 2.75) is 31.6 Å². The van der Waals surface area contributed by atoms with Gasteiger partial charge in [0.05, 0.1) is 4.47 Å². The summed E-state index contributed by atoms with van der Waals surface area (Å²) in [6.07, 6.45) is 4.50. The second-order valence-electron chi connectivity index (χ2n) is 5.14. The highest BCUT2D eigenvalue weighted by Gasteiger charge is 2.21. The Morgan fingerprint density at radius 2 is 1.86 bits per heavy atom. The normalized spacial score (nSPS) is 15.6. The van der Waals surface area contributed by atoms with Crippen LogP contribution in [0.15, 0.2) is 22.7 Å². The first-order chi connectivity index (χ1) is 10.1. The molecule has 21 heavy (non-hydrogen) atoms. The maximum Gasteiger partial charge on any atom is 0.173 e. The van der Waals surface area contributed by atoms with Gasteiger partial charge in [-0.05, 0) is 47.0 Å². The zero-order valence-electron chi connectivity index (χ0n) is 11.0. The third-order valence-corrected chi connectivity index (χ3v) is 4.73. The second kappa shape index (κ2) is 5.97. The maximum atomic E-state index is 13.7. The van der Waals surface area contributed by atoms with E-state index in [4.69, 9.17) is 11.6 Å². The van der Waals surface area contributed by atoms with E-state index < -0.39 is 11.6 Å². The third-order valence-electron chi connectivity index (χ3n) is 3.76. The van der Waals surface area contributed by atoms with Gasteiger partial charge in [0.25, 0.3) is 0 Å². The number of nitrogens with zero attached hydrogens (tertiary/aromatic N) is 2. The molecule has 3 rings (SSSR count). The number of rotatable bonds is 2. The van der Waals surface area contributed by atoms with E-state index in [2.05, 4.69) is 25.9 Å². The van der Waals surface area contributed by atoms with Crippen molar-refractivity contribution in [3.8, 4) is 11.4 Å². The summed E-state index contributed by atoms with van der Waals surface area (Å²) >= 11 is 9.13. The molecule has 110 valence electrons. The second-order valence-corrected chi connectivity index (χ2v) is 6.32. The van der Waals surface area contributed by atoms with Gasteiger partial charge in [0.1, 0.15) is 5.15 Å². The van der Waals surface area contributed by atoms with Crippen LogP contribution in [0.5, 0.6) is 0 Å². The fourth-order valence-electron chi connectivity index (χ4n) is 2.68. The molecule has 1 aromatic carbocycles. The predicted octanol–water partition coefficient (Wildman–Crippen LogP) is 5.50. The molecule has 2 nitrogen and oxygen atoms in total. The first kappa shape index (κ1) is 14.9. The van der Waals surface area contributed by atoms with Crippen molar-refractivity contribution in [3.05, 3.63) is 45.2 Å². The summed E-state index contributed by atoms with van der Waals surface area (Å²) in [5.41, 5.74) is 1.27. The summed E-state index contributed by atoms with van der Waals surface area (Å²) in [5, 5.41) is 0.318. The highest BCUT2D eigenvalue weighted by atomic mass is 79.9. The molecule has 0 radical (unpaired) electrons. The Bertz CT molecular complexity index is 688. The monoisotopic (exact) mass is 372 g/mol. The van der Waals surface area contributed by atoms with Crippen LogP contribution in [0.2, 0.25) is 5.15 Å². The molecule has 1 saturated carbocycles. The van der Waals surface area contributed by atoms with E-state index in [1.165, 1.54) is 18.9 Å². The lowest BCUT2D eigenvalue weighted by Gasteiger charge is -2.11. The number of benzene rings is 1. The quantitative estimate of drug-likeness (QED) is 0.513. The Hall–Kier alpha value is -1.07. The van der Waals surface area contributed by atoms with Crippen LogP contribution in [0.4, 0.5) is 8.78 Å². The molecule has 0 amide bonds. The van der Waals surface area contributed by atoms with Gasteiger partial charge in [-0.3, -0.25) is 0 Å². The van der Waals surface area contributed by atoms with Crippen LogP contribution < -0.4 is 0 Å². The summed E-state index contributed by atoms with van der Waals surface area (Å²) in [6, 6.07) is 4.27. The number of hydrogen-bond donors (Lipinski definition) is 0. The molecule has 1 fully saturated rings. The SMILES string of the molecule is Fc1ccc(-c2nc(Cl)cc(C3CCCC3)n2)c(Br)c1F. The van der Waals surface area contributed by atoms with Crippen LogP contribution in [-0.4, -0.2) is 9.97 Å². The molecule has 1 heterocycles. The van der Waals surface area contributed by atoms with Gasteiger partial charge in [0, 0.05) is 17.2 Å². The largest absolute Gasteiger partial charge is 0.233 e. The minimum Gasteiger partial charge on any atom is -0.233 e. The zero-order chi connectivity index (χ0) is 15.0. The van der Waals surface area contributed by atoms with Crippen molar-refractivity contribution in [1.82, 2.24) is 9.97 Å². The standard InChI is InChI=1S/C15H12BrClF2N2/c16-13-9(5-6-10(18)14(13)19)15-20-11(7-12(17)21-15)8-3-1-2-4-8/h5-8H,1-4H2. The number of hydrogen-bond acceptors (Lipinski definition) is 2. The molecule has 1 aliphatic rings. The molecule has 2 aromatic rings. The van der Waals surface area contributed by atoms with Gasteiger partial charge in [0.2, 0.25) is 0 Å². The van der Waals surface area contributed by atoms with E-state index in [0.717, 1.165) is 24.6 Å². The molecule has 0 bridgehead atoms. The molecule has 0 N–H and O–H groups in total. The molecule has 0 saturated heterocycles. The molecule has 0 atom stereocenters. The summed E-state index contributed by atoms with van der Waals surface area (Å²) in [4.78, 5) is 8.65. The Morgan fingerprint density at radius 1 is 1.14 bits per heavy atom. The summed E-state index contributed by atoms with van der Waals surface area (Å²) in [5.74, 6) is -1.18. The molecule has 6 heteroatoms. The zero-order valence-corrected chi connectivity index (χ0v) is 13.4. The van der Waals surface area contributed by atoms with Crippen molar-refractivity contribution in [1.29, 1.82) is 0 Å². The van der Waals surface area contributed by atoms with Gasteiger partial charge in [-0.2, -0.15) is 0 Å². The molecular formula is C15H12BrClF2N2. The molecule has 1 aliphatic carbocycles. The van der Waals surface area contributed by atoms with E-state index in [0.29, 0.717) is 22.5 Å². The molecule has 0 spiro atoms. The smallest absolute Gasteiger partial charge is 0.173 e. The van der Waals surface area contributed by atoms with Crippen molar-refractivity contribution in [2.75, 3.05) is 0 Å². The Labute approximate surface area is 134 Å². The average molecular weight is 374 g/mol. The van der Waals surface area contributed by atoms with E-state index in [-0.39, 0.29) is 4.47 Å². The van der Waals surface area contributed by atoms with Crippen LogP contribution in [0.1, 0.15) is 37.3 Å². The van der Waals surface area contributed by atoms with Gasteiger partial charge in [-0.15, -0.1) is 0 Å². The fraction of sp³-hybridized carbons (Fsp3) is 0.333. The Balaban J connectivity index is 2.08. The minimum atomic E-state index is -0.946. The number of aromatic nitrogens is 2. The lowest BCUT2D eigenvalue weighted by molar-refractivity contribution is 0.504. The van der Waals surface area contributed by atoms with Gasteiger partial charge in [-0.25, -0.2) is 18.7 Å². The van der Waals surface area contributed by atoms with Gasteiger partial charge in [-0.1, -0.05) is 24.4 Å². The Morgan fingerprint density at radius 3 is 2.57 bits per heavy atom. The summed E-state index contributed by atoms with van der Waals surface area (Å²) in [6.45, 7) is 0. The van der Waals surface area contributed by atoms with Crippen molar-refractivity contribution >= 4 is 27.5 Å². The van der Waals surface area contributed by atoms with Crippen LogP contribution in [0, 0.1) is 11.6 Å². The van der Waals surface area contributed by atoms with Gasteiger partial charge in [0.15, 0.2) is 17.5 Å². The highest BCUT2D eigenvalue weighted by Crippen LogP contribution is 2.36. The first-order valence-corrected chi connectivity index (χ1v) is 7.91. The van der Waals surface area contributed by atoms with Crippen LogP contribution >= 0.6 is 27.5 Å². The molecular weight excluding hydrogens is 362 g/mol. The van der Waals surface area contributed by atoms with E-state index in [1.807, 2.05) is 0 Å². The van der Waals surface area contributed by atoms with Crippen LogP contribution in [-0.2, 0) is 0 Å². The van der Waals surface area contributed by atoms with E-state index in [1.54, 1.807) is 6.07 Å². The lowest BCUT2D eigenvalue weighted by Crippen LogP contribution is -2.01. The predicted molar refractivity (Wildman–Crippen MR) is 81.3 cm³/mol. The summed E-state index contributed by atoms with van der Waals surface area (Å²) in [7, 11) is 0. The minimum absolute atomic E-state index is 0.0159. The van der Waals surface area contributed by atoms with Gasteiger partial charge >= 0.3 is 0 Å².